The monoisotopic (exact) mass is 531 g/mol. The average Bonchev–Trinajstić information content (AvgIpc) is 3.14. The van der Waals surface area contributed by atoms with E-state index in [0.29, 0.717) is 21.6 Å². The summed E-state index contributed by atoms with van der Waals surface area (Å²) in [4.78, 5) is 24.7. The van der Waals surface area contributed by atoms with Gasteiger partial charge in [0.2, 0.25) is 5.91 Å². The first kappa shape index (κ1) is 25.9. The van der Waals surface area contributed by atoms with E-state index < -0.39 is 23.7 Å². The van der Waals surface area contributed by atoms with Crippen molar-refractivity contribution in [1.29, 1.82) is 0 Å². The van der Waals surface area contributed by atoms with Crippen LogP contribution in [0.1, 0.15) is 34.7 Å². The minimum atomic E-state index is -4.50. The molecule has 0 radical (unpaired) electrons. The molecule has 0 unspecified atom stereocenters. The summed E-state index contributed by atoms with van der Waals surface area (Å²) in [5.74, 6) is -0.556. The molecule has 180 valence electrons. The van der Waals surface area contributed by atoms with Crippen LogP contribution in [0, 0.1) is 0 Å². The number of aromatic nitrogens is 3. The van der Waals surface area contributed by atoms with E-state index in [1.165, 1.54) is 30.3 Å². The van der Waals surface area contributed by atoms with E-state index in [0.717, 1.165) is 23.9 Å². The SMILES string of the molecule is C[C@H](NC(=O)c1ccc(Cl)c(Cl)c1)c1nnc(SCC(=O)Nc2cccc(C(F)(F)F)c2)n1C. The van der Waals surface area contributed by atoms with Gasteiger partial charge in [-0.05, 0) is 43.3 Å². The molecule has 0 fully saturated rings. The van der Waals surface area contributed by atoms with Crippen LogP contribution in [0.5, 0.6) is 0 Å². The van der Waals surface area contributed by atoms with Gasteiger partial charge in [0.1, 0.15) is 0 Å². The van der Waals surface area contributed by atoms with E-state index >= 15 is 0 Å². The highest BCUT2D eigenvalue weighted by Crippen LogP contribution is 2.31. The number of amides is 2. The van der Waals surface area contributed by atoms with E-state index in [1.54, 1.807) is 18.5 Å². The summed E-state index contributed by atoms with van der Waals surface area (Å²) in [6.07, 6.45) is -4.50. The Morgan fingerprint density at radius 2 is 1.85 bits per heavy atom. The first-order chi connectivity index (χ1) is 16.0. The number of hydrogen-bond acceptors (Lipinski definition) is 5. The maximum absolute atomic E-state index is 12.8. The Morgan fingerprint density at radius 1 is 1.12 bits per heavy atom. The molecule has 13 heteroatoms. The van der Waals surface area contributed by atoms with Crippen LogP contribution < -0.4 is 10.6 Å². The third kappa shape index (κ3) is 6.43. The van der Waals surface area contributed by atoms with Crippen molar-refractivity contribution >= 4 is 52.5 Å². The molecule has 0 aliphatic rings. The number of nitrogens with one attached hydrogen (secondary N) is 2. The maximum Gasteiger partial charge on any atom is 0.416 e. The highest BCUT2D eigenvalue weighted by molar-refractivity contribution is 7.99. The van der Waals surface area contributed by atoms with Gasteiger partial charge in [0, 0.05) is 18.3 Å². The fourth-order valence-corrected chi connectivity index (χ4v) is 3.93. The fourth-order valence-electron chi connectivity index (χ4n) is 2.91. The molecule has 0 aliphatic heterocycles. The number of hydrogen-bond donors (Lipinski definition) is 2. The molecule has 0 bridgehead atoms. The van der Waals surface area contributed by atoms with E-state index in [1.807, 2.05) is 0 Å². The molecule has 0 spiro atoms. The van der Waals surface area contributed by atoms with Crippen molar-refractivity contribution in [3.05, 3.63) is 69.5 Å². The molecule has 3 rings (SSSR count). The van der Waals surface area contributed by atoms with Crippen molar-refractivity contribution in [2.45, 2.75) is 24.3 Å². The normalized spacial score (nSPS) is 12.3. The third-order valence-corrected chi connectivity index (χ3v) is 6.35. The Kier molecular flexibility index (Phi) is 8.11. The second kappa shape index (κ2) is 10.7. The van der Waals surface area contributed by atoms with Gasteiger partial charge in [-0.3, -0.25) is 9.59 Å². The Morgan fingerprint density at radius 3 is 2.53 bits per heavy atom. The number of anilines is 1. The minimum Gasteiger partial charge on any atom is -0.342 e. The zero-order valence-electron chi connectivity index (χ0n) is 17.8. The lowest BCUT2D eigenvalue weighted by Crippen LogP contribution is -2.28. The molecule has 1 aromatic heterocycles. The molecule has 0 saturated carbocycles. The van der Waals surface area contributed by atoms with Crippen molar-refractivity contribution in [3.63, 3.8) is 0 Å². The third-order valence-electron chi connectivity index (χ3n) is 4.59. The molecular formula is C21H18Cl2F3N5O2S. The van der Waals surface area contributed by atoms with Gasteiger partial charge in [-0.25, -0.2) is 0 Å². The predicted molar refractivity (Wildman–Crippen MR) is 124 cm³/mol. The van der Waals surface area contributed by atoms with Crippen LogP contribution in [0.4, 0.5) is 18.9 Å². The van der Waals surface area contributed by atoms with Gasteiger partial charge in [-0.2, -0.15) is 13.2 Å². The van der Waals surface area contributed by atoms with E-state index in [2.05, 4.69) is 20.8 Å². The van der Waals surface area contributed by atoms with Crippen molar-refractivity contribution in [1.82, 2.24) is 20.1 Å². The second-order valence-electron chi connectivity index (χ2n) is 7.14. The zero-order valence-corrected chi connectivity index (χ0v) is 20.1. The summed E-state index contributed by atoms with van der Waals surface area (Å²) in [5, 5.41) is 14.3. The van der Waals surface area contributed by atoms with Crippen LogP contribution in [0.2, 0.25) is 10.0 Å². The quantitative estimate of drug-likeness (QED) is 0.400. The summed E-state index contributed by atoms with van der Waals surface area (Å²) in [5.41, 5.74) is -0.491. The molecule has 1 atom stereocenters. The van der Waals surface area contributed by atoms with E-state index in [4.69, 9.17) is 23.2 Å². The van der Waals surface area contributed by atoms with Crippen LogP contribution in [-0.4, -0.2) is 32.3 Å². The summed E-state index contributed by atoms with van der Waals surface area (Å²) in [6, 6.07) is 8.36. The lowest BCUT2D eigenvalue weighted by Gasteiger charge is -2.14. The fraction of sp³-hybridized carbons (Fsp3) is 0.238. The van der Waals surface area contributed by atoms with Gasteiger partial charge in [-0.15, -0.1) is 10.2 Å². The summed E-state index contributed by atoms with van der Waals surface area (Å²) in [6.45, 7) is 1.72. The van der Waals surface area contributed by atoms with E-state index in [9.17, 15) is 22.8 Å². The first-order valence-electron chi connectivity index (χ1n) is 9.71. The topological polar surface area (TPSA) is 88.9 Å². The average molecular weight is 532 g/mol. The standard InChI is InChI=1S/C21H18Cl2F3N5O2S/c1-11(27-19(33)12-6-7-15(22)16(23)8-12)18-29-30-20(31(18)2)34-10-17(32)28-14-5-3-4-13(9-14)21(24,25)26/h3-9,11H,10H2,1-2H3,(H,27,33)(H,28,32)/t11-/m0/s1. The number of alkyl halides is 3. The Hall–Kier alpha value is -2.76. The molecule has 2 amide bonds. The smallest absolute Gasteiger partial charge is 0.342 e. The van der Waals surface area contributed by atoms with Crippen molar-refractivity contribution < 1.29 is 22.8 Å². The number of carbonyl (C=O) groups is 2. The lowest BCUT2D eigenvalue weighted by molar-refractivity contribution is -0.137. The minimum absolute atomic E-state index is 0.0396. The summed E-state index contributed by atoms with van der Waals surface area (Å²) in [7, 11) is 1.67. The highest BCUT2D eigenvalue weighted by atomic mass is 35.5. The molecule has 0 saturated heterocycles. The number of thioether (sulfide) groups is 1. The van der Waals surface area contributed by atoms with Gasteiger partial charge < -0.3 is 15.2 Å². The number of halogens is 5. The van der Waals surface area contributed by atoms with Crippen molar-refractivity contribution in [2.24, 2.45) is 7.05 Å². The molecule has 2 N–H and O–H groups in total. The molecule has 1 heterocycles. The largest absolute Gasteiger partial charge is 0.416 e. The van der Waals surface area contributed by atoms with Crippen LogP contribution in [0.25, 0.3) is 0 Å². The second-order valence-corrected chi connectivity index (χ2v) is 8.90. The number of carbonyl (C=O) groups excluding carboxylic acids is 2. The van der Waals surface area contributed by atoms with Crippen LogP contribution in [0.3, 0.4) is 0 Å². The Balaban J connectivity index is 1.59. The molecular weight excluding hydrogens is 514 g/mol. The van der Waals surface area contributed by atoms with E-state index in [-0.39, 0.29) is 22.4 Å². The predicted octanol–water partition coefficient (Wildman–Crippen LogP) is 5.36. The summed E-state index contributed by atoms with van der Waals surface area (Å²) >= 11 is 12.9. The molecule has 7 nitrogen and oxygen atoms in total. The van der Waals surface area contributed by atoms with Crippen molar-refractivity contribution in [2.75, 3.05) is 11.1 Å². The van der Waals surface area contributed by atoms with Gasteiger partial charge in [0.15, 0.2) is 11.0 Å². The summed E-state index contributed by atoms with van der Waals surface area (Å²) < 4.78 is 40.1. The molecule has 34 heavy (non-hydrogen) atoms. The van der Waals surface area contributed by atoms with Gasteiger partial charge in [-0.1, -0.05) is 41.0 Å². The van der Waals surface area contributed by atoms with Gasteiger partial charge >= 0.3 is 6.18 Å². The number of nitrogens with zero attached hydrogens (tertiary/aromatic N) is 3. The lowest BCUT2D eigenvalue weighted by atomic mass is 10.2. The van der Waals surface area contributed by atoms with Crippen LogP contribution in [0.15, 0.2) is 47.6 Å². The number of benzene rings is 2. The number of rotatable bonds is 7. The van der Waals surface area contributed by atoms with Gasteiger partial charge in [0.25, 0.3) is 5.91 Å². The van der Waals surface area contributed by atoms with Crippen LogP contribution in [-0.2, 0) is 18.0 Å². The molecule has 3 aromatic rings. The van der Waals surface area contributed by atoms with Gasteiger partial charge in [0.05, 0.1) is 27.4 Å². The van der Waals surface area contributed by atoms with Crippen molar-refractivity contribution in [3.8, 4) is 0 Å². The maximum atomic E-state index is 12.8. The molecule has 0 aliphatic carbocycles. The highest BCUT2D eigenvalue weighted by Gasteiger charge is 2.30. The van der Waals surface area contributed by atoms with Crippen LogP contribution >= 0.6 is 35.0 Å². The molecule has 2 aromatic carbocycles. The Labute approximate surface area is 207 Å². The first-order valence-corrected chi connectivity index (χ1v) is 11.4. The Bertz CT molecular complexity index is 1220. The zero-order chi connectivity index (χ0) is 25.0.